The van der Waals surface area contributed by atoms with Crippen LogP contribution in [-0.4, -0.2) is 49.6 Å². The van der Waals surface area contributed by atoms with Crippen LogP contribution in [0.1, 0.15) is 24.6 Å². The molecule has 5 heteroatoms. The van der Waals surface area contributed by atoms with Gasteiger partial charge in [0.1, 0.15) is 5.76 Å². The lowest BCUT2D eigenvalue weighted by molar-refractivity contribution is 0.193. The molecule has 5 nitrogen and oxygen atoms in total. The van der Waals surface area contributed by atoms with Crippen molar-refractivity contribution in [3.63, 3.8) is 0 Å². The van der Waals surface area contributed by atoms with Crippen LogP contribution in [0.15, 0.2) is 22.8 Å². The van der Waals surface area contributed by atoms with Gasteiger partial charge in [0.05, 0.1) is 12.3 Å². The summed E-state index contributed by atoms with van der Waals surface area (Å²) < 4.78 is 5.49. The Labute approximate surface area is 108 Å². The van der Waals surface area contributed by atoms with Crippen molar-refractivity contribution in [2.24, 2.45) is 0 Å². The molecular weight excluding hydrogens is 230 g/mol. The monoisotopic (exact) mass is 251 g/mol. The Morgan fingerprint density at radius 3 is 2.78 bits per heavy atom. The number of urea groups is 1. The number of hydrogen-bond donors (Lipinski definition) is 1. The largest absolute Gasteiger partial charge is 0.468 e. The van der Waals surface area contributed by atoms with Gasteiger partial charge in [0, 0.05) is 20.6 Å². The molecule has 1 atom stereocenters. The van der Waals surface area contributed by atoms with Gasteiger partial charge in [-0.1, -0.05) is 0 Å². The normalized spacial score (nSPS) is 17.7. The first-order chi connectivity index (χ1) is 8.68. The minimum absolute atomic E-state index is 0.0641. The summed E-state index contributed by atoms with van der Waals surface area (Å²) in [6, 6.07) is 3.95. The van der Waals surface area contributed by atoms with Crippen LogP contribution in [0.4, 0.5) is 4.79 Å². The topological polar surface area (TPSA) is 48.7 Å². The fourth-order valence-corrected chi connectivity index (χ4v) is 2.29. The second-order valence-electron chi connectivity index (χ2n) is 4.85. The van der Waals surface area contributed by atoms with Crippen molar-refractivity contribution in [2.75, 3.05) is 33.7 Å². The summed E-state index contributed by atoms with van der Waals surface area (Å²) in [5, 5.41) is 2.93. The first kappa shape index (κ1) is 13.0. The van der Waals surface area contributed by atoms with E-state index in [1.807, 2.05) is 12.1 Å². The first-order valence-electron chi connectivity index (χ1n) is 6.41. The minimum Gasteiger partial charge on any atom is -0.468 e. The van der Waals surface area contributed by atoms with E-state index in [-0.39, 0.29) is 12.1 Å². The van der Waals surface area contributed by atoms with Crippen molar-refractivity contribution in [2.45, 2.75) is 18.9 Å². The number of hydrogen-bond acceptors (Lipinski definition) is 3. The molecule has 0 aromatic carbocycles. The van der Waals surface area contributed by atoms with Gasteiger partial charge in [-0.3, -0.25) is 4.90 Å². The maximum atomic E-state index is 11.6. The van der Waals surface area contributed by atoms with Crippen molar-refractivity contribution < 1.29 is 9.21 Å². The number of nitrogens with one attached hydrogen (secondary N) is 1. The average Bonchev–Trinajstić information content (AvgIpc) is 3.01. The summed E-state index contributed by atoms with van der Waals surface area (Å²) in [6.45, 7) is 2.73. The zero-order chi connectivity index (χ0) is 13.0. The van der Waals surface area contributed by atoms with Crippen molar-refractivity contribution in [1.82, 2.24) is 15.1 Å². The first-order valence-corrected chi connectivity index (χ1v) is 6.41. The Bertz CT molecular complexity index is 370. The number of carbonyl (C=O) groups excluding carboxylic acids is 1. The zero-order valence-electron chi connectivity index (χ0n) is 11.1. The lowest BCUT2D eigenvalue weighted by atomic mass is 10.2. The van der Waals surface area contributed by atoms with E-state index >= 15 is 0 Å². The molecule has 18 heavy (non-hydrogen) atoms. The Morgan fingerprint density at radius 2 is 2.22 bits per heavy atom. The van der Waals surface area contributed by atoms with Crippen molar-refractivity contribution in [3.8, 4) is 0 Å². The molecule has 1 aromatic heterocycles. The van der Waals surface area contributed by atoms with Crippen LogP contribution in [0.25, 0.3) is 0 Å². The van der Waals surface area contributed by atoms with Crippen molar-refractivity contribution in [3.05, 3.63) is 24.2 Å². The second kappa shape index (κ2) is 5.91. The molecule has 100 valence electrons. The van der Waals surface area contributed by atoms with Crippen LogP contribution in [0.5, 0.6) is 0 Å². The van der Waals surface area contributed by atoms with Gasteiger partial charge in [0.15, 0.2) is 0 Å². The Hall–Kier alpha value is -1.49. The highest BCUT2D eigenvalue weighted by Gasteiger charge is 2.25. The molecule has 1 N–H and O–H groups in total. The van der Waals surface area contributed by atoms with E-state index in [9.17, 15) is 4.79 Å². The van der Waals surface area contributed by atoms with E-state index in [1.54, 1.807) is 25.3 Å². The van der Waals surface area contributed by atoms with Crippen LogP contribution in [0, 0.1) is 0 Å². The highest BCUT2D eigenvalue weighted by atomic mass is 16.3. The average molecular weight is 251 g/mol. The quantitative estimate of drug-likeness (QED) is 0.886. The molecule has 1 fully saturated rings. The van der Waals surface area contributed by atoms with E-state index in [2.05, 4.69) is 10.2 Å². The number of likely N-dealkylation sites (tertiary alicyclic amines) is 1. The van der Waals surface area contributed by atoms with Gasteiger partial charge in [-0.25, -0.2) is 4.79 Å². The molecule has 0 aliphatic carbocycles. The lowest BCUT2D eigenvalue weighted by Crippen LogP contribution is -2.40. The number of rotatable bonds is 4. The van der Waals surface area contributed by atoms with Gasteiger partial charge in [0.2, 0.25) is 0 Å². The van der Waals surface area contributed by atoms with Crippen LogP contribution in [0.2, 0.25) is 0 Å². The molecule has 0 radical (unpaired) electrons. The summed E-state index contributed by atoms with van der Waals surface area (Å²) in [6.07, 6.45) is 4.13. The fraction of sp³-hybridized carbons (Fsp3) is 0.615. The Balaban J connectivity index is 1.99. The van der Waals surface area contributed by atoms with E-state index < -0.39 is 0 Å². The summed E-state index contributed by atoms with van der Waals surface area (Å²) in [5.41, 5.74) is 0. The summed E-state index contributed by atoms with van der Waals surface area (Å²) in [7, 11) is 3.49. The molecule has 2 amide bonds. The zero-order valence-corrected chi connectivity index (χ0v) is 11.1. The van der Waals surface area contributed by atoms with Crippen LogP contribution < -0.4 is 5.32 Å². The molecule has 1 aliphatic rings. The van der Waals surface area contributed by atoms with Gasteiger partial charge < -0.3 is 14.6 Å². The molecule has 0 bridgehead atoms. The summed E-state index contributed by atoms with van der Waals surface area (Å²) in [4.78, 5) is 15.5. The van der Waals surface area contributed by atoms with Crippen LogP contribution >= 0.6 is 0 Å². The van der Waals surface area contributed by atoms with Gasteiger partial charge in [-0.2, -0.15) is 0 Å². The molecule has 0 spiro atoms. The molecule has 2 heterocycles. The highest BCUT2D eigenvalue weighted by Crippen LogP contribution is 2.24. The molecule has 1 unspecified atom stereocenters. The molecule has 1 aromatic rings. The number of amides is 2. The van der Waals surface area contributed by atoms with Crippen molar-refractivity contribution in [1.29, 1.82) is 0 Å². The maximum absolute atomic E-state index is 11.6. The predicted molar refractivity (Wildman–Crippen MR) is 69.3 cm³/mol. The summed E-state index contributed by atoms with van der Waals surface area (Å²) in [5.74, 6) is 0.927. The minimum atomic E-state index is -0.0641. The van der Waals surface area contributed by atoms with Gasteiger partial charge in [-0.05, 0) is 38.1 Å². The number of carbonyl (C=O) groups is 1. The van der Waals surface area contributed by atoms with Crippen LogP contribution in [0.3, 0.4) is 0 Å². The van der Waals surface area contributed by atoms with Gasteiger partial charge >= 0.3 is 6.03 Å². The SMILES string of the molecule is CN(C)C(=O)NCC(c1ccco1)N1CCCC1. The molecule has 0 saturated carbocycles. The van der Waals surface area contributed by atoms with Gasteiger partial charge in [0.25, 0.3) is 0 Å². The van der Waals surface area contributed by atoms with Crippen molar-refractivity contribution >= 4 is 6.03 Å². The van der Waals surface area contributed by atoms with Crippen LogP contribution in [-0.2, 0) is 0 Å². The lowest BCUT2D eigenvalue weighted by Gasteiger charge is -2.26. The predicted octanol–water partition coefficient (Wildman–Crippen LogP) is 1.69. The smallest absolute Gasteiger partial charge is 0.316 e. The third-order valence-electron chi connectivity index (χ3n) is 3.31. The maximum Gasteiger partial charge on any atom is 0.316 e. The standard InChI is InChI=1S/C13H21N3O2/c1-15(2)13(17)14-10-11(12-6-5-9-18-12)16-7-3-4-8-16/h5-6,9,11H,3-4,7-8,10H2,1-2H3,(H,14,17). The van der Waals surface area contributed by atoms with E-state index in [0.29, 0.717) is 6.54 Å². The number of furan rings is 1. The molecule has 1 saturated heterocycles. The van der Waals surface area contributed by atoms with E-state index in [4.69, 9.17) is 4.42 Å². The molecular formula is C13H21N3O2. The summed E-state index contributed by atoms with van der Waals surface area (Å²) >= 11 is 0. The number of nitrogens with zero attached hydrogens (tertiary/aromatic N) is 2. The molecule has 2 rings (SSSR count). The van der Waals surface area contributed by atoms with E-state index in [0.717, 1.165) is 18.8 Å². The van der Waals surface area contributed by atoms with Gasteiger partial charge in [-0.15, -0.1) is 0 Å². The third kappa shape index (κ3) is 3.04. The third-order valence-corrected chi connectivity index (χ3v) is 3.31. The Kier molecular flexibility index (Phi) is 4.25. The second-order valence-corrected chi connectivity index (χ2v) is 4.85. The Morgan fingerprint density at radius 1 is 1.50 bits per heavy atom. The molecule has 1 aliphatic heterocycles. The highest BCUT2D eigenvalue weighted by molar-refractivity contribution is 5.73. The fourth-order valence-electron chi connectivity index (χ4n) is 2.29. The van der Waals surface area contributed by atoms with E-state index in [1.165, 1.54) is 12.8 Å².